The molecular formula is C12H10F3N3OS. The summed E-state index contributed by atoms with van der Waals surface area (Å²) in [4.78, 5) is 15.7. The van der Waals surface area contributed by atoms with E-state index < -0.39 is 17.6 Å². The van der Waals surface area contributed by atoms with Gasteiger partial charge in [-0.25, -0.2) is 4.98 Å². The van der Waals surface area contributed by atoms with Crippen molar-refractivity contribution in [1.29, 1.82) is 0 Å². The molecule has 3 N–H and O–H groups in total. The molecule has 0 aliphatic carbocycles. The van der Waals surface area contributed by atoms with Gasteiger partial charge in [0.2, 0.25) is 0 Å². The first-order valence-corrected chi connectivity index (χ1v) is 6.35. The van der Waals surface area contributed by atoms with Crippen molar-refractivity contribution in [1.82, 2.24) is 4.98 Å². The highest BCUT2D eigenvalue weighted by Gasteiger charge is 2.33. The minimum absolute atomic E-state index is 0.0159. The summed E-state index contributed by atoms with van der Waals surface area (Å²) >= 11 is 1.28. The largest absolute Gasteiger partial charge is 0.418 e. The number of alkyl halides is 3. The SMILES string of the molecule is Cc1nc(C(=O)Nc2ccc(N)c(C(F)(F)F)c2)cs1. The molecule has 1 aromatic heterocycles. The first-order valence-electron chi connectivity index (χ1n) is 5.47. The second kappa shape index (κ2) is 5.12. The topological polar surface area (TPSA) is 68.0 Å². The Morgan fingerprint density at radius 3 is 2.65 bits per heavy atom. The molecule has 0 radical (unpaired) electrons. The van der Waals surface area contributed by atoms with Gasteiger partial charge in [0.15, 0.2) is 0 Å². The first kappa shape index (κ1) is 14.3. The standard InChI is InChI=1S/C12H10F3N3OS/c1-6-17-10(5-20-6)11(19)18-7-2-3-9(16)8(4-7)12(13,14)15/h2-5H,16H2,1H3,(H,18,19). The number of aryl methyl sites for hydroxylation is 1. The third-order valence-corrected chi connectivity index (χ3v) is 3.24. The maximum atomic E-state index is 12.7. The molecule has 1 amide bonds. The van der Waals surface area contributed by atoms with Crippen LogP contribution in [0.5, 0.6) is 0 Å². The minimum Gasteiger partial charge on any atom is -0.398 e. The fraction of sp³-hybridized carbons (Fsp3) is 0.167. The predicted molar refractivity (Wildman–Crippen MR) is 70.7 cm³/mol. The number of nitrogens with zero attached hydrogens (tertiary/aromatic N) is 1. The van der Waals surface area contributed by atoms with E-state index in [1.54, 1.807) is 6.92 Å². The smallest absolute Gasteiger partial charge is 0.398 e. The van der Waals surface area contributed by atoms with E-state index in [0.717, 1.165) is 12.1 Å². The summed E-state index contributed by atoms with van der Waals surface area (Å²) in [7, 11) is 0. The fourth-order valence-corrected chi connectivity index (χ4v) is 2.14. The van der Waals surface area contributed by atoms with Gasteiger partial charge in [-0.2, -0.15) is 13.2 Å². The van der Waals surface area contributed by atoms with Gasteiger partial charge < -0.3 is 11.1 Å². The summed E-state index contributed by atoms with van der Waals surface area (Å²) in [6, 6.07) is 3.21. The van der Waals surface area contributed by atoms with Crippen LogP contribution in [0.3, 0.4) is 0 Å². The van der Waals surface area contributed by atoms with Crippen LogP contribution in [0.2, 0.25) is 0 Å². The van der Waals surface area contributed by atoms with Crippen molar-refractivity contribution in [3.05, 3.63) is 39.8 Å². The Labute approximate surface area is 116 Å². The Hall–Kier alpha value is -2.09. The summed E-state index contributed by atoms with van der Waals surface area (Å²) in [6.07, 6.45) is -4.57. The van der Waals surface area contributed by atoms with Crippen molar-refractivity contribution in [2.75, 3.05) is 11.1 Å². The van der Waals surface area contributed by atoms with E-state index in [1.807, 2.05) is 0 Å². The molecule has 0 aliphatic heterocycles. The molecule has 1 aromatic carbocycles. The molecule has 1 heterocycles. The number of thiazole rings is 1. The fourth-order valence-electron chi connectivity index (χ4n) is 1.54. The normalized spacial score (nSPS) is 11.4. The van der Waals surface area contributed by atoms with E-state index >= 15 is 0 Å². The third kappa shape index (κ3) is 3.08. The number of hydrogen-bond donors (Lipinski definition) is 2. The van der Waals surface area contributed by atoms with E-state index in [9.17, 15) is 18.0 Å². The molecule has 8 heteroatoms. The lowest BCUT2D eigenvalue weighted by molar-refractivity contribution is -0.136. The average Bonchev–Trinajstić information content (AvgIpc) is 2.77. The van der Waals surface area contributed by atoms with Crippen molar-refractivity contribution in [3.8, 4) is 0 Å². The van der Waals surface area contributed by atoms with Gasteiger partial charge in [0.1, 0.15) is 5.69 Å². The van der Waals surface area contributed by atoms with Crippen LogP contribution in [0.25, 0.3) is 0 Å². The number of aromatic nitrogens is 1. The zero-order valence-corrected chi connectivity index (χ0v) is 11.1. The van der Waals surface area contributed by atoms with Crippen molar-refractivity contribution in [3.63, 3.8) is 0 Å². The van der Waals surface area contributed by atoms with Gasteiger partial charge in [-0.3, -0.25) is 4.79 Å². The van der Waals surface area contributed by atoms with E-state index in [-0.39, 0.29) is 17.1 Å². The molecule has 106 valence electrons. The monoisotopic (exact) mass is 301 g/mol. The van der Waals surface area contributed by atoms with E-state index in [2.05, 4.69) is 10.3 Å². The molecule has 4 nitrogen and oxygen atoms in total. The second-order valence-corrected chi connectivity index (χ2v) is 5.07. The highest BCUT2D eigenvalue weighted by Crippen LogP contribution is 2.35. The number of hydrogen-bond acceptors (Lipinski definition) is 4. The van der Waals surface area contributed by atoms with Gasteiger partial charge >= 0.3 is 6.18 Å². The van der Waals surface area contributed by atoms with Crippen molar-refractivity contribution < 1.29 is 18.0 Å². The van der Waals surface area contributed by atoms with Crippen LogP contribution in [0.4, 0.5) is 24.5 Å². The van der Waals surface area contributed by atoms with E-state index in [0.29, 0.717) is 5.01 Å². The lowest BCUT2D eigenvalue weighted by Gasteiger charge is -2.12. The van der Waals surface area contributed by atoms with Gasteiger partial charge in [-0.1, -0.05) is 0 Å². The van der Waals surface area contributed by atoms with Crippen LogP contribution < -0.4 is 11.1 Å². The number of nitrogens with one attached hydrogen (secondary N) is 1. The maximum Gasteiger partial charge on any atom is 0.418 e. The number of nitrogens with two attached hydrogens (primary N) is 1. The molecule has 0 saturated carbocycles. The number of nitrogen functional groups attached to an aromatic ring is 1. The van der Waals surface area contributed by atoms with Crippen molar-refractivity contribution >= 4 is 28.6 Å². The summed E-state index contributed by atoms with van der Waals surface area (Å²) in [5, 5.41) is 4.59. The molecule has 0 aliphatic rings. The molecule has 0 atom stereocenters. The Kier molecular flexibility index (Phi) is 3.67. The molecule has 0 bridgehead atoms. The molecule has 0 fully saturated rings. The zero-order chi connectivity index (χ0) is 14.9. The first-order chi connectivity index (χ1) is 9.27. The highest BCUT2D eigenvalue weighted by atomic mass is 32.1. The van der Waals surface area contributed by atoms with Crippen molar-refractivity contribution in [2.45, 2.75) is 13.1 Å². The third-order valence-electron chi connectivity index (χ3n) is 2.47. The van der Waals surface area contributed by atoms with Gasteiger partial charge in [0.05, 0.1) is 10.6 Å². The summed E-state index contributed by atoms with van der Waals surface area (Å²) in [5.41, 5.74) is 4.09. The molecule has 20 heavy (non-hydrogen) atoms. The van der Waals surface area contributed by atoms with Crippen LogP contribution in [0, 0.1) is 6.92 Å². The number of anilines is 2. The lowest BCUT2D eigenvalue weighted by Crippen LogP contribution is -2.14. The average molecular weight is 301 g/mol. The summed E-state index contributed by atoms with van der Waals surface area (Å²) in [6.45, 7) is 1.73. The summed E-state index contributed by atoms with van der Waals surface area (Å²) in [5.74, 6) is -0.563. The maximum absolute atomic E-state index is 12.7. The Balaban J connectivity index is 2.24. The Bertz CT molecular complexity index is 652. The lowest BCUT2D eigenvalue weighted by atomic mass is 10.1. The van der Waals surface area contributed by atoms with Crippen LogP contribution in [-0.2, 0) is 6.18 Å². The number of halogens is 3. The summed E-state index contributed by atoms with van der Waals surface area (Å²) < 4.78 is 38.1. The zero-order valence-electron chi connectivity index (χ0n) is 10.3. The molecule has 2 aromatic rings. The molecule has 0 spiro atoms. The number of rotatable bonds is 2. The molecule has 0 unspecified atom stereocenters. The quantitative estimate of drug-likeness (QED) is 0.836. The minimum atomic E-state index is -4.57. The number of carbonyl (C=O) groups is 1. The second-order valence-electron chi connectivity index (χ2n) is 4.01. The number of amides is 1. The molecule has 2 rings (SSSR count). The van der Waals surface area contributed by atoms with Gasteiger partial charge in [0.25, 0.3) is 5.91 Å². The van der Waals surface area contributed by atoms with Crippen LogP contribution in [-0.4, -0.2) is 10.9 Å². The van der Waals surface area contributed by atoms with Crippen LogP contribution >= 0.6 is 11.3 Å². The molecular weight excluding hydrogens is 291 g/mol. The van der Waals surface area contributed by atoms with Gasteiger partial charge in [-0.05, 0) is 25.1 Å². The Morgan fingerprint density at radius 1 is 1.40 bits per heavy atom. The number of benzene rings is 1. The van der Waals surface area contributed by atoms with E-state index in [1.165, 1.54) is 22.8 Å². The van der Waals surface area contributed by atoms with E-state index in [4.69, 9.17) is 5.73 Å². The number of carbonyl (C=O) groups excluding carboxylic acids is 1. The van der Waals surface area contributed by atoms with Gasteiger partial charge in [0, 0.05) is 16.8 Å². The Morgan fingerprint density at radius 2 is 2.10 bits per heavy atom. The highest BCUT2D eigenvalue weighted by molar-refractivity contribution is 7.09. The van der Waals surface area contributed by atoms with Gasteiger partial charge in [-0.15, -0.1) is 11.3 Å². The van der Waals surface area contributed by atoms with Crippen molar-refractivity contribution in [2.24, 2.45) is 0 Å². The molecule has 0 saturated heterocycles. The predicted octanol–water partition coefficient (Wildman–Crippen LogP) is 3.30. The van der Waals surface area contributed by atoms with Crippen LogP contribution in [0.15, 0.2) is 23.6 Å². The van der Waals surface area contributed by atoms with Crippen LogP contribution in [0.1, 0.15) is 21.1 Å².